The average molecular weight is 283 g/mol. The Bertz CT molecular complexity index is 492. The second kappa shape index (κ2) is 7.41. The molecular weight excluding hydrogens is 266 g/mol. The average Bonchev–Trinajstić information content (AvgIpc) is 2.40. The molecule has 4 N–H and O–H groups in total. The monoisotopic (exact) mass is 283 g/mol. The molecular formula is C12H17N3O5. The van der Waals surface area contributed by atoms with Gasteiger partial charge in [-0.25, -0.2) is 0 Å². The van der Waals surface area contributed by atoms with E-state index in [2.05, 4.69) is 5.32 Å². The molecule has 0 aliphatic rings. The lowest BCUT2D eigenvalue weighted by Crippen LogP contribution is -2.35. The predicted molar refractivity (Wildman–Crippen MR) is 72.5 cm³/mol. The van der Waals surface area contributed by atoms with Gasteiger partial charge in [-0.05, 0) is 25.0 Å². The highest BCUT2D eigenvalue weighted by Gasteiger charge is 2.19. The molecule has 20 heavy (non-hydrogen) atoms. The normalized spacial score (nSPS) is 11.9. The molecule has 1 unspecified atom stereocenters. The molecule has 1 rings (SSSR count). The molecule has 1 amide bonds. The molecule has 0 fully saturated rings. The Morgan fingerprint density at radius 3 is 2.90 bits per heavy atom. The zero-order chi connectivity index (χ0) is 15.1. The summed E-state index contributed by atoms with van der Waals surface area (Å²) in [7, 11) is 1.55. The lowest BCUT2D eigenvalue weighted by Gasteiger charge is -2.12. The number of nitro benzene ring substituents is 1. The van der Waals surface area contributed by atoms with Gasteiger partial charge in [-0.3, -0.25) is 14.9 Å². The Balaban J connectivity index is 2.72. The molecule has 0 saturated heterocycles. The van der Waals surface area contributed by atoms with Crippen LogP contribution in [0.15, 0.2) is 18.2 Å². The van der Waals surface area contributed by atoms with Crippen molar-refractivity contribution in [2.75, 3.05) is 19.0 Å². The number of nitrogens with two attached hydrogens (primary N) is 1. The van der Waals surface area contributed by atoms with Gasteiger partial charge in [0.25, 0.3) is 5.69 Å². The van der Waals surface area contributed by atoms with Crippen LogP contribution in [0, 0.1) is 10.1 Å². The van der Waals surface area contributed by atoms with Gasteiger partial charge < -0.3 is 20.9 Å². The molecule has 0 aliphatic heterocycles. The number of benzene rings is 1. The summed E-state index contributed by atoms with van der Waals surface area (Å²) < 4.78 is 4.85. The lowest BCUT2D eigenvalue weighted by molar-refractivity contribution is -0.384. The molecule has 0 radical (unpaired) electrons. The molecule has 110 valence electrons. The number of nitrogens with zero attached hydrogens (tertiary/aromatic N) is 1. The van der Waals surface area contributed by atoms with Crippen LogP contribution in [0.5, 0.6) is 5.75 Å². The van der Waals surface area contributed by atoms with Crippen molar-refractivity contribution in [1.82, 2.24) is 0 Å². The number of methoxy groups -OCH3 is 1. The number of aromatic hydroxyl groups is 1. The smallest absolute Gasteiger partial charge is 0.296 e. The molecule has 0 saturated carbocycles. The molecule has 1 atom stereocenters. The van der Waals surface area contributed by atoms with Gasteiger partial charge in [0.05, 0.1) is 17.0 Å². The zero-order valence-electron chi connectivity index (χ0n) is 11.0. The van der Waals surface area contributed by atoms with Crippen molar-refractivity contribution in [2.24, 2.45) is 5.73 Å². The largest absolute Gasteiger partial charge is 0.508 e. The fourth-order valence-electron chi connectivity index (χ4n) is 1.58. The Labute approximate surface area is 115 Å². The summed E-state index contributed by atoms with van der Waals surface area (Å²) >= 11 is 0. The quantitative estimate of drug-likeness (QED) is 0.296. The summed E-state index contributed by atoms with van der Waals surface area (Å²) in [6.45, 7) is 0.486. The van der Waals surface area contributed by atoms with Gasteiger partial charge in [-0.1, -0.05) is 0 Å². The first-order valence-corrected chi connectivity index (χ1v) is 5.98. The Kier molecular flexibility index (Phi) is 5.88. The van der Waals surface area contributed by atoms with E-state index >= 15 is 0 Å². The third-order valence-electron chi connectivity index (χ3n) is 2.64. The molecule has 1 aromatic rings. The Morgan fingerprint density at radius 1 is 1.60 bits per heavy atom. The SMILES string of the molecule is COCCCC(N)C(=O)Nc1ccc(O)cc1[N+](=O)[O-]. The minimum absolute atomic E-state index is 0.00000785. The van der Waals surface area contributed by atoms with E-state index in [1.807, 2.05) is 0 Å². The van der Waals surface area contributed by atoms with Gasteiger partial charge in [-0.2, -0.15) is 0 Å². The lowest BCUT2D eigenvalue weighted by atomic mass is 10.1. The number of carbonyl (C=O) groups is 1. The number of carbonyl (C=O) groups excluding carboxylic acids is 1. The van der Waals surface area contributed by atoms with E-state index < -0.39 is 16.9 Å². The fourth-order valence-corrected chi connectivity index (χ4v) is 1.58. The molecule has 0 bridgehead atoms. The number of nitro groups is 1. The maximum absolute atomic E-state index is 11.8. The summed E-state index contributed by atoms with van der Waals surface area (Å²) in [5.41, 5.74) is 5.29. The number of phenolic OH excluding ortho intramolecular Hbond substituents is 1. The van der Waals surface area contributed by atoms with Crippen LogP contribution >= 0.6 is 0 Å². The minimum atomic E-state index is -0.779. The first kappa shape index (κ1) is 15.9. The maximum Gasteiger partial charge on any atom is 0.296 e. The number of amides is 1. The molecule has 0 aliphatic carbocycles. The highest BCUT2D eigenvalue weighted by molar-refractivity contribution is 5.96. The van der Waals surface area contributed by atoms with Crippen LogP contribution in [-0.4, -0.2) is 35.7 Å². The van der Waals surface area contributed by atoms with Gasteiger partial charge in [0.1, 0.15) is 11.4 Å². The highest BCUT2D eigenvalue weighted by Crippen LogP contribution is 2.28. The van der Waals surface area contributed by atoms with Crippen LogP contribution in [0.1, 0.15) is 12.8 Å². The van der Waals surface area contributed by atoms with Crippen LogP contribution in [0.3, 0.4) is 0 Å². The molecule has 1 aromatic carbocycles. The van der Waals surface area contributed by atoms with E-state index in [1.165, 1.54) is 12.1 Å². The zero-order valence-corrected chi connectivity index (χ0v) is 11.0. The second-order valence-corrected chi connectivity index (χ2v) is 4.19. The molecule has 8 nitrogen and oxygen atoms in total. The number of phenols is 1. The molecule has 0 heterocycles. The predicted octanol–water partition coefficient (Wildman–Crippen LogP) is 0.993. The van der Waals surface area contributed by atoms with E-state index in [-0.39, 0.29) is 17.1 Å². The number of hydrogen-bond donors (Lipinski definition) is 3. The van der Waals surface area contributed by atoms with E-state index in [4.69, 9.17) is 10.5 Å². The Morgan fingerprint density at radius 2 is 2.30 bits per heavy atom. The summed E-state index contributed by atoms with van der Waals surface area (Å²) in [4.78, 5) is 21.9. The van der Waals surface area contributed by atoms with Crippen molar-refractivity contribution >= 4 is 17.3 Å². The summed E-state index contributed by atoms with van der Waals surface area (Å²) in [5, 5.41) is 22.4. The Hall–Kier alpha value is -2.19. The summed E-state index contributed by atoms with van der Waals surface area (Å²) in [6.07, 6.45) is 1.02. The number of anilines is 1. The first-order chi connectivity index (χ1) is 9.45. The topological polar surface area (TPSA) is 128 Å². The highest BCUT2D eigenvalue weighted by atomic mass is 16.6. The fraction of sp³-hybridized carbons (Fsp3) is 0.417. The van der Waals surface area contributed by atoms with Crippen molar-refractivity contribution in [1.29, 1.82) is 0 Å². The van der Waals surface area contributed by atoms with Gasteiger partial charge in [0.2, 0.25) is 5.91 Å². The standard InChI is InChI=1S/C12H17N3O5/c1-20-6-2-3-9(13)12(17)14-10-5-4-8(16)7-11(10)15(18)19/h4-5,7,9,16H,2-3,6,13H2,1H3,(H,14,17). The number of ether oxygens (including phenoxy) is 1. The third kappa shape index (κ3) is 4.48. The van der Waals surface area contributed by atoms with Crippen molar-refractivity contribution in [3.05, 3.63) is 28.3 Å². The van der Waals surface area contributed by atoms with Crippen LogP contribution in [0.2, 0.25) is 0 Å². The van der Waals surface area contributed by atoms with Crippen LogP contribution in [0.25, 0.3) is 0 Å². The molecule has 0 aromatic heterocycles. The summed E-state index contributed by atoms with van der Waals surface area (Å²) in [5.74, 6) is -0.769. The van der Waals surface area contributed by atoms with Gasteiger partial charge in [-0.15, -0.1) is 0 Å². The number of rotatable bonds is 7. The van der Waals surface area contributed by atoms with Gasteiger partial charge in [0.15, 0.2) is 0 Å². The first-order valence-electron chi connectivity index (χ1n) is 5.98. The van der Waals surface area contributed by atoms with Crippen LogP contribution < -0.4 is 11.1 Å². The van der Waals surface area contributed by atoms with Crippen LogP contribution in [0.4, 0.5) is 11.4 Å². The van der Waals surface area contributed by atoms with Crippen LogP contribution in [-0.2, 0) is 9.53 Å². The molecule has 8 heteroatoms. The minimum Gasteiger partial charge on any atom is -0.508 e. The van der Waals surface area contributed by atoms with Gasteiger partial charge in [0, 0.05) is 13.7 Å². The van der Waals surface area contributed by atoms with E-state index in [9.17, 15) is 20.0 Å². The number of nitrogens with one attached hydrogen (secondary N) is 1. The van der Waals surface area contributed by atoms with Gasteiger partial charge >= 0.3 is 0 Å². The third-order valence-corrected chi connectivity index (χ3v) is 2.64. The van der Waals surface area contributed by atoms with Crippen molar-refractivity contribution in [2.45, 2.75) is 18.9 Å². The van der Waals surface area contributed by atoms with E-state index in [0.29, 0.717) is 19.4 Å². The van der Waals surface area contributed by atoms with Crippen molar-refractivity contribution in [3.8, 4) is 5.75 Å². The number of hydrogen-bond acceptors (Lipinski definition) is 6. The van der Waals surface area contributed by atoms with Crippen molar-refractivity contribution < 1.29 is 19.6 Å². The second-order valence-electron chi connectivity index (χ2n) is 4.19. The van der Waals surface area contributed by atoms with E-state index in [0.717, 1.165) is 6.07 Å². The summed E-state index contributed by atoms with van der Waals surface area (Å²) in [6, 6.07) is 2.69. The molecule has 0 spiro atoms. The van der Waals surface area contributed by atoms with E-state index in [1.54, 1.807) is 7.11 Å². The van der Waals surface area contributed by atoms with Crippen molar-refractivity contribution in [3.63, 3.8) is 0 Å². The maximum atomic E-state index is 11.8.